The Balaban J connectivity index is 2.92. The van der Waals surface area contributed by atoms with E-state index in [2.05, 4.69) is 28.7 Å². The van der Waals surface area contributed by atoms with Crippen molar-refractivity contribution < 1.29 is 0 Å². The second kappa shape index (κ2) is 3.72. The van der Waals surface area contributed by atoms with Gasteiger partial charge in [0.1, 0.15) is 0 Å². The highest BCUT2D eigenvalue weighted by Gasteiger charge is 2.01. The van der Waals surface area contributed by atoms with Crippen LogP contribution < -0.4 is 0 Å². The number of hydrogen-bond acceptors (Lipinski definition) is 1. The van der Waals surface area contributed by atoms with Gasteiger partial charge in [0.15, 0.2) is 0 Å². The van der Waals surface area contributed by atoms with E-state index in [1.165, 1.54) is 3.57 Å². The third kappa shape index (κ3) is 2.19. The molecule has 1 aromatic carbocycles. The van der Waals surface area contributed by atoms with Crippen LogP contribution in [-0.4, -0.2) is 0 Å². The van der Waals surface area contributed by atoms with Gasteiger partial charge in [0.05, 0.1) is 12.0 Å². The molecule has 0 radical (unpaired) electrons. The molecule has 1 rings (SSSR count). The first kappa shape index (κ1) is 8.54. The molecular weight excluding hydrogens is 249 g/mol. The van der Waals surface area contributed by atoms with Crippen molar-refractivity contribution in [3.8, 4) is 6.07 Å². The fourth-order valence-corrected chi connectivity index (χ4v) is 1.19. The summed E-state index contributed by atoms with van der Waals surface area (Å²) in [6, 6.07) is 10.2. The second-order valence-corrected chi connectivity index (χ2v) is 3.65. The Morgan fingerprint density at radius 2 is 1.91 bits per heavy atom. The molecule has 0 heterocycles. The van der Waals surface area contributed by atoms with Crippen LogP contribution in [-0.2, 0) is 0 Å². The predicted octanol–water partition coefficient (Wildman–Crippen LogP) is 2.92. The lowest BCUT2D eigenvalue weighted by Gasteiger charge is -2.00. The number of nitrogens with zero attached hydrogens (tertiary/aromatic N) is 1. The summed E-state index contributed by atoms with van der Waals surface area (Å²) >= 11 is 2.25. The topological polar surface area (TPSA) is 23.8 Å². The van der Waals surface area contributed by atoms with Gasteiger partial charge < -0.3 is 0 Å². The van der Waals surface area contributed by atoms with E-state index in [0.717, 1.165) is 5.56 Å². The largest absolute Gasteiger partial charge is 0.198 e. The molecule has 0 amide bonds. The van der Waals surface area contributed by atoms with E-state index in [0.29, 0.717) is 0 Å². The summed E-state index contributed by atoms with van der Waals surface area (Å²) in [4.78, 5) is 0. The lowest BCUT2D eigenvalue weighted by Crippen LogP contribution is -1.87. The van der Waals surface area contributed by atoms with Gasteiger partial charge in [-0.1, -0.05) is 12.1 Å². The Morgan fingerprint density at radius 3 is 2.36 bits per heavy atom. The summed E-state index contributed by atoms with van der Waals surface area (Å²) < 4.78 is 1.21. The maximum absolute atomic E-state index is 8.61. The van der Waals surface area contributed by atoms with E-state index in [4.69, 9.17) is 5.26 Å². The summed E-state index contributed by atoms with van der Waals surface area (Å²) in [6.07, 6.45) is 0. The van der Waals surface area contributed by atoms with Gasteiger partial charge in [0.25, 0.3) is 0 Å². The smallest absolute Gasteiger partial charge is 0.0700 e. The highest BCUT2D eigenvalue weighted by molar-refractivity contribution is 14.1. The molecule has 0 aromatic heterocycles. The molecule has 0 aliphatic heterocycles. The van der Waals surface area contributed by atoms with Crippen LogP contribution in [0.25, 0.3) is 0 Å². The van der Waals surface area contributed by atoms with Crippen molar-refractivity contribution in [2.24, 2.45) is 0 Å². The average molecular weight is 257 g/mol. The van der Waals surface area contributed by atoms with E-state index in [1.54, 1.807) is 0 Å². The number of halogens is 1. The van der Waals surface area contributed by atoms with E-state index >= 15 is 0 Å². The molecule has 56 valence electrons. The third-order valence-corrected chi connectivity index (χ3v) is 2.28. The quantitative estimate of drug-likeness (QED) is 0.709. The van der Waals surface area contributed by atoms with Gasteiger partial charge in [0, 0.05) is 3.57 Å². The first-order chi connectivity index (χ1) is 5.24. The maximum Gasteiger partial charge on any atom is 0.0700 e. The normalized spacial score (nSPS) is 12.1. The van der Waals surface area contributed by atoms with Gasteiger partial charge in [0.2, 0.25) is 0 Å². The zero-order valence-corrected chi connectivity index (χ0v) is 8.37. The Hall–Kier alpha value is -0.560. The summed E-state index contributed by atoms with van der Waals surface area (Å²) in [5, 5.41) is 8.61. The molecule has 0 bridgehead atoms. The summed E-state index contributed by atoms with van der Waals surface area (Å²) in [5.41, 5.74) is 1.09. The van der Waals surface area contributed by atoms with E-state index in [9.17, 15) is 0 Å². The van der Waals surface area contributed by atoms with E-state index in [1.807, 2.05) is 31.2 Å². The predicted molar refractivity (Wildman–Crippen MR) is 53.2 cm³/mol. The fourth-order valence-electron chi connectivity index (χ4n) is 0.826. The Morgan fingerprint density at radius 1 is 1.36 bits per heavy atom. The average Bonchev–Trinajstić information content (AvgIpc) is 2.05. The van der Waals surface area contributed by atoms with Crippen LogP contribution in [0.2, 0.25) is 0 Å². The summed E-state index contributed by atoms with van der Waals surface area (Å²) in [6.45, 7) is 1.90. The molecule has 1 atom stereocenters. The lowest BCUT2D eigenvalue weighted by molar-refractivity contribution is 0.981. The molecule has 0 saturated heterocycles. The molecule has 11 heavy (non-hydrogen) atoms. The molecule has 0 saturated carbocycles. The van der Waals surface area contributed by atoms with Crippen LogP contribution in [0.5, 0.6) is 0 Å². The molecule has 0 unspecified atom stereocenters. The van der Waals surface area contributed by atoms with Crippen LogP contribution >= 0.6 is 22.6 Å². The lowest BCUT2D eigenvalue weighted by atomic mass is 10.0. The van der Waals surface area contributed by atoms with Crippen molar-refractivity contribution in [2.45, 2.75) is 12.8 Å². The van der Waals surface area contributed by atoms with Crippen LogP contribution in [0.4, 0.5) is 0 Å². The van der Waals surface area contributed by atoms with Gasteiger partial charge in [-0.2, -0.15) is 5.26 Å². The first-order valence-electron chi connectivity index (χ1n) is 3.39. The SMILES string of the molecule is C[C@@H](C#N)c1ccc(I)cc1. The van der Waals surface area contributed by atoms with Crippen molar-refractivity contribution in [3.63, 3.8) is 0 Å². The fraction of sp³-hybridized carbons (Fsp3) is 0.222. The zero-order chi connectivity index (χ0) is 8.27. The molecular formula is C9H8IN. The van der Waals surface area contributed by atoms with Crippen LogP contribution in [0, 0.1) is 14.9 Å². The van der Waals surface area contributed by atoms with Crippen LogP contribution in [0.3, 0.4) is 0 Å². The first-order valence-corrected chi connectivity index (χ1v) is 4.47. The van der Waals surface area contributed by atoms with Crippen molar-refractivity contribution in [3.05, 3.63) is 33.4 Å². The zero-order valence-electron chi connectivity index (χ0n) is 6.21. The molecule has 0 spiro atoms. The van der Waals surface area contributed by atoms with Crippen molar-refractivity contribution in [1.82, 2.24) is 0 Å². The number of benzene rings is 1. The number of nitriles is 1. The minimum atomic E-state index is 0.00648. The van der Waals surface area contributed by atoms with Gasteiger partial charge >= 0.3 is 0 Å². The highest BCUT2D eigenvalue weighted by atomic mass is 127. The maximum atomic E-state index is 8.61. The van der Waals surface area contributed by atoms with Crippen LogP contribution in [0.15, 0.2) is 24.3 Å². The van der Waals surface area contributed by atoms with Gasteiger partial charge in [-0.15, -0.1) is 0 Å². The van der Waals surface area contributed by atoms with Gasteiger partial charge in [-0.05, 0) is 47.2 Å². The van der Waals surface area contributed by atoms with Crippen molar-refractivity contribution in [1.29, 1.82) is 5.26 Å². The standard InChI is InChI=1S/C9H8IN/c1-7(6-11)8-2-4-9(10)5-3-8/h2-5,7H,1H3/t7-/m0/s1. The molecule has 0 aliphatic rings. The van der Waals surface area contributed by atoms with Gasteiger partial charge in [-0.25, -0.2) is 0 Å². The third-order valence-electron chi connectivity index (χ3n) is 1.56. The Labute approximate surface area is 80.2 Å². The van der Waals surface area contributed by atoms with Crippen LogP contribution in [0.1, 0.15) is 18.4 Å². The molecule has 0 N–H and O–H groups in total. The van der Waals surface area contributed by atoms with Crippen molar-refractivity contribution >= 4 is 22.6 Å². The van der Waals surface area contributed by atoms with E-state index < -0.39 is 0 Å². The highest BCUT2D eigenvalue weighted by Crippen LogP contribution is 2.15. The molecule has 0 fully saturated rings. The van der Waals surface area contributed by atoms with Crippen molar-refractivity contribution in [2.75, 3.05) is 0 Å². The minimum absolute atomic E-state index is 0.00648. The number of hydrogen-bond donors (Lipinski definition) is 0. The molecule has 1 nitrogen and oxygen atoms in total. The summed E-state index contributed by atoms with van der Waals surface area (Å²) in [5.74, 6) is 0.00648. The molecule has 2 heteroatoms. The monoisotopic (exact) mass is 257 g/mol. The van der Waals surface area contributed by atoms with E-state index in [-0.39, 0.29) is 5.92 Å². The Kier molecular flexibility index (Phi) is 2.89. The van der Waals surface area contributed by atoms with Gasteiger partial charge in [-0.3, -0.25) is 0 Å². The Bertz CT molecular complexity index is 271. The number of rotatable bonds is 1. The molecule has 1 aromatic rings. The minimum Gasteiger partial charge on any atom is -0.198 e. The molecule has 0 aliphatic carbocycles. The second-order valence-electron chi connectivity index (χ2n) is 2.40. The summed E-state index contributed by atoms with van der Waals surface area (Å²) in [7, 11) is 0.